The van der Waals surface area contributed by atoms with E-state index in [1.165, 1.54) is 11.3 Å². The van der Waals surface area contributed by atoms with Crippen molar-refractivity contribution in [2.75, 3.05) is 26.7 Å². The summed E-state index contributed by atoms with van der Waals surface area (Å²) in [6.45, 7) is 4.61. The zero-order chi connectivity index (χ0) is 15.5. The Kier molecular flexibility index (Phi) is 4.55. The van der Waals surface area contributed by atoms with E-state index in [1.54, 1.807) is 0 Å². The third-order valence-electron chi connectivity index (χ3n) is 4.04. The van der Waals surface area contributed by atoms with E-state index in [0.717, 1.165) is 47.2 Å². The minimum Gasteiger partial charge on any atom is -0.338 e. The van der Waals surface area contributed by atoms with Crippen LogP contribution in [0.1, 0.15) is 21.1 Å². The van der Waals surface area contributed by atoms with Gasteiger partial charge in [0.15, 0.2) is 0 Å². The predicted octanol–water partition coefficient (Wildman–Crippen LogP) is 2.80. The fraction of sp³-hybridized carbons (Fsp3) is 0.412. The molecule has 1 aromatic heterocycles. The highest BCUT2D eigenvalue weighted by molar-refractivity contribution is 7.14. The molecule has 1 saturated heterocycles. The van der Waals surface area contributed by atoms with Crippen molar-refractivity contribution in [2.45, 2.75) is 13.3 Å². The molecule has 2 heterocycles. The molecular weight excluding hydrogens is 294 g/mol. The van der Waals surface area contributed by atoms with Crippen LogP contribution in [0.25, 0.3) is 11.3 Å². The van der Waals surface area contributed by atoms with Crippen LogP contribution in [0.3, 0.4) is 0 Å². The number of amides is 1. The molecule has 5 heteroatoms. The van der Waals surface area contributed by atoms with Gasteiger partial charge in [0.25, 0.3) is 5.91 Å². The van der Waals surface area contributed by atoms with Crippen LogP contribution in [-0.2, 0) is 0 Å². The second-order valence-corrected chi connectivity index (χ2v) is 6.94. The monoisotopic (exact) mass is 315 g/mol. The standard InChI is InChI=1S/C17H21N3OS/c1-12-19-15(14-6-4-3-5-7-14)16(22-12)17(21)20-9-8-13(11-20)10-18-2/h3-7,13,18H,8-11H2,1-2H3/t13-/m0/s1. The summed E-state index contributed by atoms with van der Waals surface area (Å²) >= 11 is 1.50. The lowest BCUT2D eigenvalue weighted by Gasteiger charge is -2.16. The van der Waals surface area contributed by atoms with Gasteiger partial charge < -0.3 is 10.2 Å². The highest BCUT2D eigenvalue weighted by Gasteiger charge is 2.29. The molecule has 4 nitrogen and oxygen atoms in total. The first-order chi connectivity index (χ1) is 10.7. The maximum atomic E-state index is 12.9. The van der Waals surface area contributed by atoms with E-state index in [1.807, 2.05) is 49.2 Å². The van der Waals surface area contributed by atoms with Crippen LogP contribution in [0.5, 0.6) is 0 Å². The fourth-order valence-corrected chi connectivity index (χ4v) is 3.89. The summed E-state index contributed by atoms with van der Waals surface area (Å²) in [5, 5.41) is 4.14. The smallest absolute Gasteiger partial charge is 0.266 e. The van der Waals surface area contributed by atoms with E-state index in [4.69, 9.17) is 0 Å². The van der Waals surface area contributed by atoms with Gasteiger partial charge in [0.1, 0.15) is 4.88 Å². The highest BCUT2D eigenvalue weighted by atomic mass is 32.1. The van der Waals surface area contributed by atoms with Gasteiger partial charge in [0.05, 0.1) is 10.7 Å². The lowest BCUT2D eigenvalue weighted by molar-refractivity contribution is 0.0792. The van der Waals surface area contributed by atoms with Crippen molar-refractivity contribution in [3.63, 3.8) is 0 Å². The van der Waals surface area contributed by atoms with Gasteiger partial charge in [0, 0.05) is 18.7 Å². The number of carbonyl (C=O) groups excluding carboxylic acids is 1. The number of thiazole rings is 1. The molecule has 0 saturated carbocycles. The molecule has 1 amide bonds. The number of aromatic nitrogens is 1. The van der Waals surface area contributed by atoms with Gasteiger partial charge in [-0.25, -0.2) is 4.98 Å². The van der Waals surface area contributed by atoms with E-state index >= 15 is 0 Å². The first kappa shape index (κ1) is 15.2. The number of rotatable bonds is 4. The van der Waals surface area contributed by atoms with Crippen LogP contribution < -0.4 is 5.32 Å². The summed E-state index contributed by atoms with van der Waals surface area (Å²) < 4.78 is 0. The second kappa shape index (κ2) is 6.58. The summed E-state index contributed by atoms with van der Waals surface area (Å²) in [6.07, 6.45) is 1.07. The SMILES string of the molecule is CNC[C@@H]1CCN(C(=O)c2sc(C)nc2-c2ccccc2)C1. The Hall–Kier alpha value is -1.72. The molecule has 0 unspecified atom stereocenters. The van der Waals surface area contributed by atoms with Crippen molar-refractivity contribution >= 4 is 17.2 Å². The maximum absolute atomic E-state index is 12.9. The molecule has 1 fully saturated rings. The Morgan fingerprint density at radius 2 is 2.18 bits per heavy atom. The minimum atomic E-state index is 0.128. The van der Waals surface area contributed by atoms with Crippen LogP contribution in [0.15, 0.2) is 30.3 Å². The number of benzene rings is 1. The summed E-state index contributed by atoms with van der Waals surface area (Å²) in [6, 6.07) is 9.97. The first-order valence-electron chi connectivity index (χ1n) is 7.65. The Balaban J connectivity index is 1.85. The molecule has 1 aromatic carbocycles. The molecular formula is C17H21N3OS. The van der Waals surface area contributed by atoms with Gasteiger partial charge in [0.2, 0.25) is 0 Å². The molecule has 0 bridgehead atoms. The van der Waals surface area contributed by atoms with Crippen molar-refractivity contribution in [1.29, 1.82) is 0 Å². The number of hydrogen-bond donors (Lipinski definition) is 1. The molecule has 22 heavy (non-hydrogen) atoms. The van der Waals surface area contributed by atoms with Crippen molar-refractivity contribution in [2.24, 2.45) is 5.92 Å². The molecule has 0 radical (unpaired) electrons. The number of nitrogens with zero attached hydrogens (tertiary/aromatic N) is 2. The normalized spacial score (nSPS) is 17.9. The van der Waals surface area contributed by atoms with Crippen LogP contribution in [0.4, 0.5) is 0 Å². The Morgan fingerprint density at radius 1 is 1.41 bits per heavy atom. The maximum Gasteiger partial charge on any atom is 0.266 e. The van der Waals surface area contributed by atoms with E-state index in [-0.39, 0.29) is 5.91 Å². The number of nitrogens with one attached hydrogen (secondary N) is 1. The first-order valence-corrected chi connectivity index (χ1v) is 8.47. The lowest BCUT2D eigenvalue weighted by Crippen LogP contribution is -2.30. The van der Waals surface area contributed by atoms with Crippen LogP contribution >= 0.6 is 11.3 Å². The molecule has 0 spiro atoms. The van der Waals surface area contributed by atoms with Gasteiger partial charge in [-0.3, -0.25) is 4.79 Å². The fourth-order valence-electron chi connectivity index (χ4n) is 2.98. The summed E-state index contributed by atoms with van der Waals surface area (Å²) in [7, 11) is 1.96. The zero-order valence-electron chi connectivity index (χ0n) is 13.0. The van der Waals surface area contributed by atoms with Crippen molar-refractivity contribution in [3.8, 4) is 11.3 Å². The van der Waals surface area contributed by atoms with Crippen LogP contribution in [0.2, 0.25) is 0 Å². The second-order valence-electron chi connectivity index (χ2n) is 5.74. The molecule has 1 N–H and O–H groups in total. The molecule has 3 rings (SSSR count). The van der Waals surface area contributed by atoms with Gasteiger partial charge in [-0.1, -0.05) is 30.3 Å². The third kappa shape index (κ3) is 3.05. The van der Waals surface area contributed by atoms with Crippen molar-refractivity contribution in [3.05, 3.63) is 40.2 Å². The van der Waals surface area contributed by atoms with E-state index < -0.39 is 0 Å². The number of hydrogen-bond acceptors (Lipinski definition) is 4. The Morgan fingerprint density at radius 3 is 2.91 bits per heavy atom. The minimum absolute atomic E-state index is 0.128. The number of likely N-dealkylation sites (tertiary alicyclic amines) is 1. The Labute approximate surface area is 135 Å². The largest absolute Gasteiger partial charge is 0.338 e. The van der Waals surface area contributed by atoms with Crippen LogP contribution in [0, 0.1) is 12.8 Å². The van der Waals surface area contributed by atoms with E-state index in [2.05, 4.69) is 10.3 Å². The molecule has 0 aliphatic carbocycles. The topological polar surface area (TPSA) is 45.2 Å². The van der Waals surface area contributed by atoms with Crippen LogP contribution in [-0.4, -0.2) is 42.5 Å². The van der Waals surface area contributed by atoms with Crippen molar-refractivity contribution < 1.29 is 4.79 Å². The highest BCUT2D eigenvalue weighted by Crippen LogP contribution is 2.30. The van der Waals surface area contributed by atoms with Gasteiger partial charge >= 0.3 is 0 Å². The van der Waals surface area contributed by atoms with Gasteiger partial charge in [-0.15, -0.1) is 11.3 Å². The number of carbonyl (C=O) groups is 1. The summed E-state index contributed by atoms with van der Waals surface area (Å²) in [5.41, 5.74) is 1.84. The molecule has 116 valence electrons. The van der Waals surface area contributed by atoms with Crippen molar-refractivity contribution in [1.82, 2.24) is 15.2 Å². The average Bonchev–Trinajstić information content (AvgIpc) is 3.15. The molecule has 1 atom stereocenters. The number of aryl methyl sites for hydroxylation is 1. The predicted molar refractivity (Wildman–Crippen MR) is 90.2 cm³/mol. The summed E-state index contributed by atoms with van der Waals surface area (Å²) in [4.78, 5) is 20.2. The van der Waals surface area contributed by atoms with Gasteiger partial charge in [-0.05, 0) is 32.9 Å². The van der Waals surface area contributed by atoms with Gasteiger partial charge in [-0.2, -0.15) is 0 Å². The van der Waals surface area contributed by atoms with E-state index in [9.17, 15) is 4.79 Å². The molecule has 1 aliphatic rings. The third-order valence-corrected chi connectivity index (χ3v) is 5.00. The summed E-state index contributed by atoms with van der Waals surface area (Å²) in [5.74, 6) is 0.686. The lowest BCUT2D eigenvalue weighted by atomic mass is 10.1. The van der Waals surface area contributed by atoms with E-state index in [0.29, 0.717) is 5.92 Å². The molecule has 2 aromatic rings. The quantitative estimate of drug-likeness (QED) is 0.943. The average molecular weight is 315 g/mol. The zero-order valence-corrected chi connectivity index (χ0v) is 13.8. The molecule has 1 aliphatic heterocycles. The Bertz CT molecular complexity index is 653.